The zero-order valence-corrected chi connectivity index (χ0v) is 10.4. The van der Waals surface area contributed by atoms with Gasteiger partial charge < -0.3 is 10.6 Å². The number of nitrogens with two attached hydrogens (primary N) is 1. The first kappa shape index (κ1) is 11.9. The minimum atomic E-state index is 0.0362. The molecular formula is C13H19N3O. The number of nitrogens with zero attached hydrogens (tertiary/aromatic N) is 2. The van der Waals surface area contributed by atoms with Gasteiger partial charge in [0.2, 0.25) is 0 Å². The van der Waals surface area contributed by atoms with Crippen molar-refractivity contribution in [2.45, 2.75) is 26.2 Å². The Kier molecular flexibility index (Phi) is 3.31. The third-order valence-corrected chi connectivity index (χ3v) is 3.32. The molecule has 0 spiro atoms. The zero-order chi connectivity index (χ0) is 12.4. The zero-order valence-electron chi connectivity index (χ0n) is 10.4. The fraction of sp³-hybridized carbons (Fsp3) is 0.538. The molecule has 2 rings (SSSR count). The van der Waals surface area contributed by atoms with Crippen molar-refractivity contribution in [2.75, 3.05) is 19.3 Å². The maximum absolute atomic E-state index is 12.2. The maximum atomic E-state index is 12.2. The first-order chi connectivity index (χ1) is 8.06. The van der Waals surface area contributed by atoms with Crippen molar-refractivity contribution in [3.8, 4) is 0 Å². The molecule has 1 amide bonds. The predicted octanol–water partition coefficient (Wildman–Crippen LogP) is 1.84. The second kappa shape index (κ2) is 4.73. The molecule has 17 heavy (non-hydrogen) atoms. The number of hydrogen-bond donors (Lipinski definition) is 1. The fourth-order valence-corrected chi connectivity index (χ4v) is 2.18. The predicted molar refractivity (Wildman–Crippen MR) is 67.7 cm³/mol. The van der Waals surface area contributed by atoms with E-state index in [1.54, 1.807) is 17.0 Å². The number of aromatic nitrogens is 1. The van der Waals surface area contributed by atoms with Crippen LogP contribution in [0.1, 0.15) is 35.3 Å². The highest BCUT2D eigenvalue weighted by molar-refractivity contribution is 5.94. The second-order valence-corrected chi connectivity index (χ2v) is 4.90. The van der Waals surface area contributed by atoms with Crippen molar-refractivity contribution < 1.29 is 4.79 Å². The van der Waals surface area contributed by atoms with E-state index in [0.29, 0.717) is 17.3 Å². The number of rotatable bonds is 3. The Hall–Kier alpha value is -1.58. The molecule has 0 bridgehead atoms. The number of hydrogen-bond acceptors (Lipinski definition) is 3. The van der Waals surface area contributed by atoms with Gasteiger partial charge in [0, 0.05) is 24.8 Å². The molecule has 4 heteroatoms. The van der Waals surface area contributed by atoms with E-state index in [2.05, 4.69) is 4.98 Å². The average Bonchev–Trinajstić information content (AvgIpc) is 2.20. The summed E-state index contributed by atoms with van der Waals surface area (Å²) in [6.07, 6.45) is 3.79. The lowest BCUT2D eigenvalue weighted by molar-refractivity contribution is 0.0745. The SMILES string of the molecule is Cc1cc(C(=O)N(C)CC2CCC2)cc(N)n1. The van der Waals surface area contributed by atoms with E-state index in [9.17, 15) is 4.79 Å². The standard InChI is InChI=1S/C13H19N3O/c1-9-6-11(7-12(14)15-9)13(17)16(2)8-10-4-3-5-10/h6-7,10H,3-5,8H2,1-2H3,(H2,14,15). The van der Waals surface area contributed by atoms with Crippen LogP contribution in [0.15, 0.2) is 12.1 Å². The highest BCUT2D eigenvalue weighted by Gasteiger charge is 2.22. The van der Waals surface area contributed by atoms with Crippen LogP contribution in [0.3, 0.4) is 0 Å². The normalized spacial score (nSPS) is 15.4. The third-order valence-electron chi connectivity index (χ3n) is 3.32. The van der Waals surface area contributed by atoms with Crippen molar-refractivity contribution in [3.63, 3.8) is 0 Å². The number of amides is 1. The number of pyridine rings is 1. The van der Waals surface area contributed by atoms with Gasteiger partial charge in [-0.3, -0.25) is 4.79 Å². The Bertz CT molecular complexity index is 406. The van der Waals surface area contributed by atoms with Crippen LogP contribution in [0.25, 0.3) is 0 Å². The van der Waals surface area contributed by atoms with Crippen molar-refractivity contribution in [3.05, 3.63) is 23.4 Å². The summed E-state index contributed by atoms with van der Waals surface area (Å²) in [7, 11) is 1.85. The van der Waals surface area contributed by atoms with Crippen LogP contribution in [-0.2, 0) is 0 Å². The summed E-state index contributed by atoms with van der Waals surface area (Å²) in [5.74, 6) is 1.13. The van der Waals surface area contributed by atoms with Gasteiger partial charge in [0.1, 0.15) is 5.82 Å². The van der Waals surface area contributed by atoms with E-state index < -0.39 is 0 Å². The smallest absolute Gasteiger partial charge is 0.253 e. The van der Waals surface area contributed by atoms with E-state index in [1.165, 1.54) is 19.3 Å². The third kappa shape index (κ3) is 2.75. The Morgan fingerprint density at radius 2 is 2.24 bits per heavy atom. The molecule has 1 heterocycles. The summed E-state index contributed by atoms with van der Waals surface area (Å²) in [6.45, 7) is 2.69. The minimum Gasteiger partial charge on any atom is -0.384 e. The summed E-state index contributed by atoms with van der Waals surface area (Å²) in [6, 6.07) is 3.43. The number of nitrogen functional groups attached to an aromatic ring is 1. The Labute approximate surface area is 102 Å². The van der Waals surface area contributed by atoms with Gasteiger partial charge >= 0.3 is 0 Å². The second-order valence-electron chi connectivity index (χ2n) is 4.90. The molecule has 1 fully saturated rings. The van der Waals surface area contributed by atoms with E-state index in [4.69, 9.17) is 5.73 Å². The van der Waals surface area contributed by atoms with Crippen LogP contribution in [0.4, 0.5) is 5.82 Å². The van der Waals surface area contributed by atoms with Gasteiger partial charge in [-0.2, -0.15) is 0 Å². The van der Waals surface area contributed by atoms with E-state index in [0.717, 1.165) is 12.2 Å². The molecule has 0 aliphatic heterocycles. The molecule has 0 unspecified atom stereocenters. The van der Waals surface area contributed by atoms with Crippen molar-refractivity contribution in [2.24, 2.45) is 5.92 Å². The molecule has 1 aromatic heterocycles. The lowest BCUT2D eigenvalue weighted by Crippen LogP contribution is -2.34. The molecule has 1 saturated carbocycles. The van der Waals surface area contributed by atoms with E-state index in [1.807, 2.05) is 14.0 Å². The highest BCUT2D eigenvalue weighted by Crippen LogP contribution is 2.27. The summed E-state index contributed by atoms with van der Waals surface area (Å²) < 4.78 is 0. The fourth-order valence-electron chi connectivity index (χ4n) is 2.18. The summed E-state index contributed by atoms with van der Waals surface area (Å²) in [5, 5.41) is 0. The van der Waals surface area contributed by atoms with Gasteiger partial charge in [0.05, 0.1) is 0 Å². The van der Waals surface area contributed by atoms with Crippen molar-refractivity contribution in [1.82, 2.24) is 9.88 Å². The molecule has 1 aliphatic rings. The maximum Gasteiger partial charge on any atom is 0.253 e. The van der Waals surface area contributed by atoms with Gasteiger partial charge in [0.15, 0.2) is 0 Å². The molecule has 0 aromatic carbocycles. The summed E-state index contributed by atoms with van der Waals surface area (Å²) in [4.78, 5) is 18.0. The number of anilines is 1. The topological polar surface area (TPSA) is 59.2 Å². The van der Waals surface area contributed by atoms with Crippen LogP contribution in [0.2, 0.25) is 0 Å². The summed E-state index contributed by atoms with van der Waals surface area (Å²) in [5.41, 5.74) is 7.07. The van der Waals surface area contributed by atoms with Gasteiger partial charge in [-0.15, -0.1) is 0 Å². The first-order valence-corrected chi connectivity index (χ1v) is 6.06. The van der Waals surface area contributed by atoms with Gasteiger partial charge in [-0.05, 0) is 37.8 Å². The molecule has 0 saturated heterocycles. The number of carbonyl (C=O) groups is 1. The van der Waals surface area contributed by atoms with Crippen LogP contribution in [0, 0.1) is 12.8 Å². The van der Waals surface area contributed by atoms with Crippen LogP contribution in [0.5, 0.6) is 0 Å². The molecule has 2 N–H and O–H groups in total. The van der Waals surface area contributed by atoms with E-state index >= 15 is 0 Å². The van der Waals surface area contributed by atoms with Crippen LogP contribution >= 0.6 is 0 Å². The quantitative estimate of drug-likeness (QED) is 0.866. The number of carbonyl (C=O) groups excluding carboxylic acids is 1. The lowest BCUT2D eigenvalue weighted by atomic mass is 9.85. The van der Waals surface area contributed by atoms with Crippen molar-refractivity contribution in [1.29, 1.82) is 0 Å². The molecule has 4 nitrogen and oxygen atoms in total. The van der Waals surface area contributed by atoms with Crippen molar-refractivity contribution >= 4 is 11.7 Å². The Morgan fingerprint density at radius 1 is 1.53 bits per heavy atom. The van der Waals surface area contributed by atoms with Gasteiger partial charge in [-0.25, -0.2) is 4.98 Å². The minimum absolute atomic E-state index is 0.0362. The van der Waals surface area contributed by atoms with Gasteiger partial charge in [0.25, 0.3) is 5.91 Å². The molecule has 1 aliphatic carbocycles. The Balaban J connectivity index is 2.06. The van der Waals surface area contributed by atoms with Gasteiger partial charge in [-0.1, -0.05) is 6.42 Å². The first-order valence-electron chi connectivity index (χ1n) is 6.06. The average molecular weight is 233 g/mol. The van der Waals surface area contributed by atoms with Crippen LogP contribution < -0.4 is 5.73 Å². The molecule has 0 radical (unpaired) electrons. The van der Waals surface area contributed by atoms with Crippen LogP contribution in [-0.4, -0.2) is 29.4 Å². The number of aryl methyl sites for hydroxylation is 1. The Morgan fingerprint density at radius 3 is 2.76 bits per heavy atom. The largest absolute Gasteiger partial charge is 0.384 e. The molecule has 92 valence electrons. The lowest BCUT2D eigenvalue weighted by Gasteiger charge is -2.30. The highest BCUT2D eigenvalue weighted by atomic mass is 16.2. The molecule has 1 aromatic rings. The summed E-state index contributed by atoms with van der Waals surface area (Å²) >= 11 is 0. The van der Waals surface area contributed by atoms with E-state index in [-0.39, 0.29) is 5.91 Å². The monoisotopic (exact) mass is 233 g/mol. The molecule has 0 atom stereocenters. The molecular weight excluding hydrogens is 214 g/mol.